The third kappa shape index (κ3) is 3.25. The number of piperidine rings is 1. The Hall–Kier alpha value is -0.120. The van der Waals surface area contributed by atoms with Crippen molar-refractivity contribution >= 4 is 0 Å². The lowest BCUT2D eigenvalue weighted by Gasteiger charge is -2.33. The molecule has 1 heterocycles. The monoisotopic (exact) mass is 186 g/mol. The van der Waals surface area contributed by atoms with Gasteiger partial charge in [0.2, 0.25) is 0 Å². The number of nitrogens with zero attached hydrogens (tertiary/aromatic N) is 1. The predicted octanol–water partition coefficient (Wildman–Crippen LogP) is 0.550. The highest BCUT2D eigenvalue weighted by Gasteiger charge is 2.23. The normalized spacial score (nSPS) is 23.3. The van der Waals surface area contributed by atoms with E-state index in [0.717, 1.165) is 19.1 Å². The van der Waals surface area contributed by atoms with E-state index in [1.165, 1.54) is 25.9 Å². The molecule has 0 radical (unpaired) electrons. The van der Waals surface area contributed by atoms with Crippen LogP contribution in [0.25, 0.3) is 0 Å². The summed E-state index contributed by atoms with van der Waals surface area (Å²) in [6.07, 6.45) is 2.56. The largest absolute Gasteiger partial charge is 0.384 e. The molecule has 3 heteroatoms. The Morgan fingerprint density at radius 3 is 2.54 bits per heavy atom. The zero-order chi connectivity index (χ0) is 9.68. The van der Waals surface area contributed by atoms with E-state index < -0.39 is 0 Å². The molecule has 1 rings (SSSR count). The number of hydrogen-bond acceptors (Lipinski definition) is 3. The summed E-state index contributed by atoms with van der Waals surface area (Å²) in [6.45, 7) is 4.02. The summed E-state index contributed by atoms with van der Waals surface area (Å²) in [5, 5.41) is 0. The van der Waals surface area contributed by atoms with E-state index in [1.54, 1.807) is 7.11 Å². The molecule has 0 bridgehead atoms. The van der Waals surface area contributed by atoms with Gasteiger partial charge in [-0.05, 0) is 51.4 Å². The molecule has 0 spiro atoms. The molecule has 1 unspecified atom stereocenters. The lowest BCUT2D eigenvalue weighted by Crippen LogP contribution is -2.37. The number of rotatable bonds is 4. The first-order valence-electron chi connectivity index (χ1n) is 5.15. The number of hydrogen-bond donors (Lipinski definition) is 1. The topological polar surface area (TPSA) is 38.5 Å². The molecule has 13 heavy (non-hydrogen) atoms. The third-order valence-corrected chi connectivity index (χ3v) is 3.11. The molecule has 0 aliphatic carbocycles. The van der Waals surface area contributed by atoms with Gasteiger partial charge in [-0.1, -0.05) is 0 Å². The van der Waals surface area contributed by atoms with Gasteiger partial charge < -0.3 is 15.4 Å². The molecule has 0 aromatic heterocycles. The fourth-order valence-corrected chi connectivity index (χ4v) is 2.11. The van der Waals surface area contributed by atoms with E-state index in [1.807, 2.05) is 0 Å². The van der Waals surface area contributed by atoms with Gasteiger partial charge in [0.05, 0.1) is 6.61 Å². The zero-order valence-electron chi connectivity index (χ0n) is 8.83. The van der Waals surface area contributed by atoms with E-state index >= 15 is 0 Å². The summed E-state index contributed by atoms with van der Waals surface area (Å²) in [6, 6.07) is 0. The minimum atomic E-state index is 0.568. The number of nitrogens with two attached hydrogens (primary N) is 1. The van der Waals surface area contributed by atoms with Crippen LogP contribution in [0.2, 0.25) is 0 Å². The van der Waals surface area contributed by atoms with Crippen LogP contribution in [0, 0.1) is 11.8 Å². The van der Waals surface area contributed by atoms with Gasteiger partial charge in [-0.25, -0.2) is 0 Å². The fraction of sp³-hybridized carbons (Fsp3) is 1.00. The molecule has 1 saturated heterocycles. The molecule has 3 nitrogen and oxygen atoms in total. The van der Waals surface area contributed by atoms with Crippen molar-refractivity contribution in [3.05, 3.63) is 0 Å². The van der Waals surface area contributed by atoms with Crippen LogP contribution in [-0.4, -0.2) is 45.3 Å². The van der Waals surface area contributed by atoms with Gasteiger partial charge in [-0.2, -0.15) is 0 Å². The van der Waals surface area contributed by atoms with Gasteiger partial charge in [0.15, 0.2) is 0 Å². The summed E-state index contributed by atoms with van der Waals surface area (Å²) in [4.78, 5) is 2.39. The average Bonchev–Trinajstić information content (AvgIpc) is 2.16. The maximum absolute atomic E-state index is 5.73. The summed E-state index contributed by atoms with van der Waals surface area (Å²) >= 11 is 0. The average molecular weight is 186 g/mol. The van der Waals surface area contributed by atoms with Crippen LogP contribution in [0.5, 0.6) is 0 Å². The molecule has 0 aromatic rings. The predicted molar refractivity (Wildman–Crippen MR) is 54.6 cm³/mol. The van der Waals surface area contributed by atoms with Crippen molar-refractivity contribution in [3.8, 4) is 0 Å². The molecule has 1 fully saturated rings. The van der Waals surface area contributed by atoms with Crippen LogP contribution in [0.4, 0.5) is 0 Å². The molecule has 1 aliphatic rings. The second kappa shape index (κ2) is 5.58. The Bertz CT molecular complexity index is 133. The van der Waals surface area contributed by atoms with Crippen molar-refractivity contribution < 1.29 is 4.74 Å². The Kier molecular flexibility index (Phi) is 4.70. The number of methoxy groups -OCH3 is 1. The Balaban J connectivity index is 2.32. The van der Waals surface area contributed by atoms with E-state index in [4.69, 9.17) is 10.5 Å². The third-order valence-electron chi connectivity index (χ3n) is 3.11. The summed E-state index contributed by atoms with van der Waals surface area (Å²) in [7, 11) is 3.95. The van der Waals surface area contributed by atoms with Crippen LogP contribution < -0.4 is 5.73 Å². The Labute approximate surface area is 81.2 Å². The van der Waals surface area contributed by atoms with Crippen molar-refractivity contribution in [2.75, 3.05) is 40.4 Å². The van der Waals surface area contributed by atoms with E-state index in [-0.39, 0.29) is 0 Å². The Morgan fingerprint density at radius 1 is 1.46 bits per heavy atom. The highest BCUT2D eigenvalue weighted by atomic mass is 16.5. The molecule has 0 amide bonds. The summed E-state index contributed by atoms with van der Waals surface area (Å²) in [5.41, 5.74) is 5.73. The smallest absolute Gasteiger partial charge is 0.0505 e. The lowest BCUT2D eigenvalue weighted by molar-refractivity contribution is 0.0923. The van der Waals surface area contributed by atoms with Crippen LogP contribution >= 0.6 is 0 Å². The van der Waals surface area contributed by atoms with Gasteiger partial charge in [0.25, 0.3) is 0 Å². The SMILES string of the molecule is COCC(CN)C1CCN(C)CC1. The zero-order valence-corrected chi connectivity index (χ0v) is 8.83. The van der Waals surface area contributed by atoms with Crippen molar-refractivity contribution in [3.63, 3.8) is 0 Å². The maximum atomic E-state index is 5.73. The van der Waals surface area contributed by atoms with Crippen LogP contribution in [0.1, 0.15) is 12.8 Å². The highest BCUT2D eigenvalue weighted by molar-refractivity contribution is 4.76. The number of ether oxygens (including phenoxy) is 1. The van der Waals surface area contributed by atoms with Crippen molar-refractivity contribution in [2.45, 2.75) is 12.8 Å². The quantitative estimate of drug-likeness (QED) is 0.697. The highest BCUT2D eigenvalue weighted by Crippen LogP contribution is 2.23. The van der Waals surface area contributed by atoms with Gasteiger partial charge in [-0.15, -0.1) is 0 Å². The van der Waals surface area contributed by atoms with Gasteiger partial charge in [0.1, 0.15) is 0 Å². The lowest BCUT2D eigenvalue weighted by atomic mass is 9.85. The minimum Gasteiger partial charge on any atom is -0.384 e. The first-order chi connectivity index (χ1) is 6.27. The van der Waals surface area contributed by atoms with Crippen molar-refractivity contribution in [1.82, 2.24) is 4.90 Å². The van der Waals surface area contributed by atoms with Gasteiger partial charge >= 0.3 is 0 Å². The van der Waals surface area contributed by atoms with Crippen LogP contribution in [0.15, 0.2) is 0 Å². The minimum absolute atomic E-state index is 0.568. The molecule has 2 N–H and O–H groups in total. The van der Waals surface area contributed by atoms with Gasteiger partial charge in [0, 0.05) is 7.11 Å². The molecular weight excluding hydrogens is 164 g/mol. The van der Waals surface area contributed by atoms with Crippen LogP contribution in [-0.2, 0) is 4.74 Å². The second-order valence-corrected chi connectivity index (χ2v) is 4.09. The van der Waals surface area contributed by atoms with Crippen LogP contribution in [0.3, 0.4) is 0 Å². The second-order valence-electron chi connectivity index (χ2n) is 4.09. The molecular formula is C10H22N2O. The number of likely N-dealkylation sites (tertiary alicyclic amines) is 1. The first kappa shape index (κ1) is 11.0. The molecule has 1 aliphatic heterocycles. The van der Waals surface area contributed by atoms with E-state index in [2.05, 4.69) is 11.9 Å². The summed E-state index contributed by atoms with van der Waals surface area (Å²) in [5.74, 6) is 1.35. The molecule has 0 aromatic carbocycles. The maximum Gasteiger partial charge on any atom is 0.0505 e. The van der Waals surface area contributed by atoms with Crippen molar-refractivity contribution in [1.29, 1.82) is 0 Å². The standard InChI is InChI=1S/C10H22N2O/c1-12-5-3-9(4-6-12)10(7-11)8-13-2/h9-10H,3-8,11H2,1-2H3. The van der Waals surface area contributed by atoms with Crippen molar-refractivity contribution in [2.24, 2.45) is 17.6 Å². The first-order valence-corrected chi connectivity index (χ1v) is 5.15. The van der Waals surface area contributed by atoms with E-state index in [0.29, 0.717) is 5.92 Å². The van der Waals surface area contributed by atoms with E-state index in [9.17, 15) is 0 Å². The summed E-state index contributed by atoms with van der Waals surface area (Å²) < 4.78 is 5.18. The molecule has 78 valence electrons. The molecule has 1 atom stereocenters. The van der Waals surface area contributed by atoms with Gasteiger partial charge in [-0.3, -0.25) is 0 Å². The fourth-order valence-electron chi connectivity index (χ4n) is 2.11. The molecule has 0 saturated carbocycles. The Morgan fingerprint density at radius 2 is 2.08 bits per heavy atom.